The first-order valence-corrected chi connectivity index (χ1v) is 9.89. The fourth-order valence-corrected chi connectivity index (χ4v) is 3.94. The molecule has 0 aliphatic heterocycles. The lowest BCUT2D eigenvalue weighted by atomic mass is 10.0. The van der Waals surface area contributed by atoms with Crippen LogP contribution in [0.4, 0.5) is 5.13 Å². The molecule has 0 radical (unpaired) electrons. The second kappa shape index (κ2) is 7.91. The van der Waals surface area contributed by atoms with Crippen LogP contribution in [-0.2, 0) is 0 Å². The van der Waals surface area contributed by atoms with E-state index in [2.05, 4.69) is 48.2 Å². The molecule has 2 aromatic heterocycles. The number of carbonyl (C=O) groups excluding carboxylic acids is 1. The van der Waals surface area contributed by atoms with Gasteiger partial charge < -0.3 is 0 Å². The molecule has 0 saturated heterocycles. The molecule has 26 heavy (non-hydrogen) atoms. The van der Waals surface area contributed by atoms with E-state index in [0.29, 0.717) is 16.6 Å². The Hall–Kier alpha value is -2.34. The van der Waals surface area contributed by atoms with E-state index in [-0.39, 0.29) is 11.8 Å². The third kappa shape index (κ3) is 3.75. The maximum atomic E-state index is 12.9. The van der Waals surface area contributed by atoms with E-state index in [1.807, 2.05) is 30.3 Å². The van der Waals surface area contributed by atoms with Gasteiger partial charge in [0.25, 0.3) is 5.91 Å². The molecule has 1 amide bonds. The van der Waals surface area contributed by atoms with E-state index in [1.54, 1.807) is 0 Å². The number of nitrogens with zero attached hydrogens (tertiary/aromatic N) is 3. The van der Waals surface area contributed by atoms with Gasteiger partial charge in [-0.15, -0.1) is 10.2 Å². The van der Waals surface area contributed by atoms with E-state index in [0.717, 1.165) is 34.4 Å². The minimum Gasteiger partial charge on any atom is -0.296 e. The van der Waals surface area contributed by atoms with Gasteiger partial charge in [-0.25, -0.2) is 0 Å². The minimum absolute atomic E-state index is 0.169. The largest absolute Gasteiger partial charge is 0.296 e. The molecule has 6 heteroatoms. The zero-order valence-electron chi connectivity index (χ0n) is 15.6. The minimum atomic E-state index is -0.169. The maximum absolute atomic E-state index is 12.9. The summed E-state index contributed by atoms with van der Waals surface area (Å²) in [5, 5.41) is 13.7. The van der Waals surface area contributed by atoms with Gasteiger partial charge in [0.2, 0.25) is 5.13 Å². The van der Waals surface area contributed by atoms with Gasteiger partial charge in [0.15, 0.2) is 0 Å². The number of amides is 1. The van der Waals surface area contributed by atoms with Crippen LogP contribution >= 0.6 is 11.3 Å². The number of benzene rings is 1. The smallest absolute Gasteiger partial charge is 0.258 e. The third-order valence-electron chi connectivity index (χ3n) is 4.57. The topological polar surface area (TPSA) is 67.8 Å². The van der Waals surface area contributed by atoms with Crippen LogP contribution in [0.25, 0.3) is 10.9 Å². The maximum Gasteiger partial charge on any atom is 0.258 e. The van der Waals surface area contributed by atoms with Gasteiger partial charge in [-0.3, -0.25) is 15.1 Å². The highest BCUT2D eigenvalue weighted by Gasteiger charge is 2.18. The molecular weight excluding hydrogens is 344 g/mol. The van der Waals surface area contributed by atoms with Crippen molar-refractivity contribution in [3.8, 4) is 0 Å². The molecule has 0 aliphatic carbocycles. The summed E-state index contributed by atoms with van der Waals surface area (Å²) < 4.78 is 0. The fraction of sp³-hybridized carbons (Fsp3) is 0.400. The average molecular weight is 369 g/mol. The number of aromatic nitrogens is 3. The number of carbonyl (C=O) groups is 1. The van der Waals surface area contributed by atoms with Crippen LogP contribution in [0.1, 0.15) is 73.4 Å². The summed E-state index contributed by atoms with van der Waals surface area (Å²) in [6.07, 6.45) is 2.04. The number of fused-ring (bicyclic) bond motifs is 1. The summed E-state index contributed by atoms with van der Waals surface area (Å²) >= 11 is 1.46. The molecule has 0 saturated carbocycles. The second-order valence-corrected chi connectivity index (χ2v) is 7.69. The molecule has 0 aliphatic rings. The highest BCUT2D eigenvalue weighted by Crippen LogP contribution is 2.29. The number of rotatable bonds is 6. The summed E-state index contributed by atoms with van der Waals surface area (Å²) in [5.41, 5.74) is 2.36. The summed E-state index contributed by atoms with van der Waals surface area (Å²) in [4.78, 5) is 17.6. The van der Waals surface area contributed by atoms with Gasteiger partial charge in [-0.1, -0.05) is 57.2 Å². The fourth-order valence-electron chi connectivity index (χ4n) is 2.93. The number of anilines is 1. The van der Waals surface area contributed by atoms with E-state index in [9.17, 15) is 4.79 Å². The molecule has 0 fully saturated rings. The van der Waals surface area contributed by atoms with E-state index < -0.39 is 0 Å². The Bertz CT molecular complexity index is 915. The van der Waals surface area contributed by atoms with Crippen LogP contribution < -0.4 is 5.32 Å². The summed E-state index contributed by atoms with van der Waals surface area (Å²) in [7, 11) is 0. The molecule has 5 nitrogen and oxygen atoms in total. The molecule has 0 spiro atoms. The first kappa shape index (κ1) is 18.5. The lowest BCUT2D eigenvalue weighted by Gasteiger charge is -2.11. The molecule has 0 bridgehead atoms. The van der Waals surface area contributed by atoms with Crippen molar-refractivity contribution in [2.75, 3.05) is 5.32 Å². The average Bonchev–Trinajstić information content (AvgIpc) is 3.09. The van der Waals surface area contributed by atoms with Gasteiger partial charge in [-0.05, 0) is 30.9 Å². The molecule has 3 rings (SSSR count). The first-order valence-electron chi connectivity index (χ1n) is 9.07. The SMILES string of the molecule is CCC(CC)c1nnc(NC(=O)c2cc(C(C)C)nc3ccccc23)s1. The van der Waals surface area contributed by atoms with Gasteiger partial charge in [-0.2, -0.15) is 0 Å². The Balaban J connectivity index is 1.93. The number of hydrogen-bond donors (Lipinski definition) is 1. The van der Waals surface area contributed by atoms with Crippen LogP contribution in [0.15, 0.2) is 30.3 Å². The van der Waals surface area contributed by atoms with Crippen LogP contribution in [-0.4, -0.2) is 21.1 Å². The van der Waals surface area contributed by atoms with E-state index in [1.165, 1.54) is 11.3 Å². The predicted molar refractivity (Wildman–Crippen MR) is 107 cm³/mol. The number of hydrogen-bond acceptors (Lipinski definition) is 5. The first-order chi connectivity index (χ1) is 12.5. The van der Waals surface area contributed by atoms with Crippen LogP contribution in [0.5, 0.6) is 0 Å². The Morgan fingerprint density at radius 2 is 1.88 bits per heavy atom. The highest BCUT2D eigenvalue weighted by molar-refractivity contribution is 7.15. The molecule has 0 atom stereocenters. The number of pyridine rings is 1. The summed E-state index contributed by atoms with van der Waals surface area (Å²) in [6, 6.07) is 9.61. The Morgan fingerprint density at radius 1 is 1.15 bits per heavy atom. The van der Waals surface area contributed by atoms with E-state index >= 15 is 0 Å². The Kier molecular flexibility index (Phi) is 5.61. The van der Waals surface area contributed by atoms with Crippen molar-refractivity contribution in [3.05, 3.63) is 46.6 Å². The van der Waals surface area contributed by atoms with E-state index in [4.69, 9.17) is 0 Å². The standard InChI is InChI=1S/C20H24N4OS/c1-5-13(6-2)19-23-24-20(26-19)22-18(25)15-11-17(12(3)4)21-16-10-8-7-9-14(15)16/h7-13H,5-6H2,1-4H3,(H,22,24,25). The number of nitrogens with one attached hydrogen (secondary N) is 1. The molecular formula is C20H24N4OS. The van der Waals surface area contributed by atoms with Crippen molar-refractivity contribution >= 4 is 33.3 Å². The molecule has 3 aromatic rings. The third-order valence-corrected chi connectivity index (χ3v) is 5.57. The molecule has 136 valence electrons. The van der Waals surface area contributed by atoms with Crippen molar-refractivity contribution in [1.82, 2.24) is 15.2 Å². The van der Waals surface area contributed by atoms with Crippen molar-refractivity contribution in [1.29, 1.82) is 0 Å². The van der Waals surface area contributed by atoms with Crippen LogP contribution in [0, 0.1) is 0 Å². The van der Waals surface area contributed by atoms with Crippen molar-refractivity contribution in [2.24, 2.45) is 0 Å². The van der Waals surface area contributed by atoms with Gasteiger partial charge in [0.05, 0.1) is 11.1 Å². The molecule has 0 unspecified atom stereocenters. The van der Waals surface area contributed by atoms with Gasteiger partial charge in [0, 0.05) is 17.0 Å². The zero-order valence-corrected chi connectivity index (χ0v) is 16.4. The molecule has 1 N–H and O–H groups in total. The van der Waals surface area contributed by atoms with Crippen molar-refractivity contribution in [2.45, 2.75) is 52.4 Å². The normalized spacial score (nSPS) is 11.5. The zero-order chi connectivity index (χ0) is 18.7. The second-order valence-electron chi connectivity index (χ2n) is 6.68. The monoisotopic (exact) mass is 368 g/mol. The highest BCUT2D eigenvalue weighted by atomic mass is 32.1. The molecule has 2 heterocycles. The van der Waals surface area contributed by atoms with Crippen LogP contribution in [0.3, 0.4) is 0 Å². The van der Waals surface area contributed by atoms with Gasteiger partial charge >= 0.3 is 0 Å². The number of para-hydroxylation sites is 1. The lowest BCUT2D eigenvalue weighted by molar-refractivity contribution is 0.102. The molecule has 1 aromatic carbocycles. The Labute approximate surface area is 157 Å². The summed E-state index contributed by atoms with van der Waals surface area (Å²) in [6.45, 7) is 8.44. The predicted octanol–water partition coefficient (Wildman–Crippen LogP) is 5.37. The van der Waals surface area contributed by atoms with Crippen molar-refractivity contribution < 1.29 is 4.79 Å². The quantitative estimate of drug-likeness (QED) is 0.635. The summed E-state index contributed by atoms with van der Waals surface area (Å²) in [5.74, 6) is 0.472. The Morgan fingerprint density at radius 3 is 2.58 bits per heavy atom. The lowest BCUT2D eigenvalue weighted by Crippen LogP contribution is -2.13. The van der Waals surface area contributed by atoms with Crippen molar-refractivity contribution in [3.63, 3.8) is 0 Å². The van der Waals surface area contributed by atoms with Gasteiger partial charge in [0.1, 0.15) is 5.01 Å². The van der Waals surface area contributed by atoms with Crippen LogP contribution in [0.2, 0.25) is 0 Å².